The number of thiophene rings is 1. The fourth-order valence-corrected chi connectivity index (χ4v) is 3.99. The molecule has 6 aromatic rings. The summed E-state index contributed by atoms with van der Waals surface area (Å²) in [5, 5.41) is 11.6. The molecule has 9 heteroatoms. The molecular formula is C20H12N8S. The zero-order valence-electron chi connectivity index (χ0n) is 14.9. The van der Waals surface area contributed by atoms with E-state index < -0.39 is 0 Å². The van der Waals surface area contributed by atoms with Gasteiger partial charge in [0.05, 0.1) is 11.2 Å². The minimum Gasteiger partial charge on any atom is -0.321 e. The van der Waals surface area contributed by atoms with E-state index in [4.69, 9.17) is 9.97 Å². The number of rotatable bonds is 3. The van der Waals surface area contributed by atoms with Crippen LogP contribution in [0.25, 0.3) is 56.1 Å². The molecule has 0 saturated heterocycles. The quantitative estimate of drug-likeness (QED) is 0.466. The molecule has 0 atom stereocenters. The second kappa shape index (κ2) is 6.28. The third kappa shape index (κ3) is 2.59. The molecule has 6 rings (SSSR count). The Kier molecular flexibility index (Phi) is 3.47. The van der Waals surface area contributed by atoms with Crippen molar-refractivity contribution in [2.75, 3.05) is 0 Å². The third-order valence-electron chi connectivity index (χ3n) is 4.71. The van der Waals surface area contributed by atoms with Crippen LogP contribution in [0.15, 0.2) is 59.9 Å². The average Bonchev–Trinajstić information content (AvgIpc) is 3.52. The van der Waals surface area contributed by atoms with E-state index in [-0.39, 0.29) is 0 Å². The minimum atomic E-state index is 0.621. The smallest absolute Gasteiger partial charge is 0.162 e. The summed E-state index contributed by atoms with van der Waals surface area (Å²) >= 11 is 1.65. The fourth-order valence-electron chi connectivity index (χ4n) is 3.33. The molecule has 0 radical (unpaired) electrons. The summed E-state index contributed by atoms with van der Waals surface area (Å²) in [7, 11) is 0. The second-order valence-electron chi connectivity index (χ2n) is 6.45. The summed E-state index contributed by atoms with van der Waals surface area (Å²) in [5.41, 5.74) is 7.49. The molecule has 138 valence electrons. The van der Waals surface area contributed by atoms with Gasteiger partial charge in [0, 0.05) is 29.7 Å². The number of nitrogens with zero attached hydrogens (tertiary/aromatic N) is 6. The van der Waals surface area contributed by atoms with Gasteiger partial charge in [-0.05, 0) is 40.6 Å². The van der Waals surface area contributed by atoms with Crippen LogP contribution < -0.4 is 0 Å². The zero-order chi connectivity index (χ0) is 19.2. The normalized spacial score (nSPS) is 11.4. The number of nitrogens with one attached hydrogen (secondary N) is 2. The summed E-state index contributed by atoms with van der Waals surface area (Å²) in [5.74, 6) is 0.621. The maximum absolute atomic E-state index is 4.80. The Morgan fingerprint density at radius 1 is 0.897 bits per heavy atom. The van der Waals surface area contributed by atoms with Gasteiger partial charge in [-0.25, -0.2) is 24.9 Å². The number of fused-ring (bicyclic) bond motifs is 2. The van der Waals surface area contributed by atoms with E-state index in [0.29, 0.717) is 17.2 Å². The zero-order valence-corrected chi connectivity index (χ0v) is 15.7. The van der Waals surface area contributed by atoms with Crippen molar-refractivity contribution in [1.29, 1.82) is 0 Å². The average molecular weight is 396 g/mol. The Bertz CT molecular complexity index is 1450. The van der Waals surface area contributed by atoms with E-state index in [1.165, 1.54) is 6.33 Å². The first kappa shape index (κ1) is 16.0. The van der Waals surface area contributed by atoms with Crippen LogP contribution in [0.3, 0.4) is 0 Å². The molecule has 2 N–H and O–H groups in total. The molecule has 29 heavy (non-hydrogen) atoms. The van der Waals surface area contributed by atoms with Crippen LogP contribution in [0.2, 0.25) is 0 Å². The molecule has 0 unspecified atom stereocenters. The summed E-state index contributed by atoms with van der Waals surface area (Å²) in [6.07, 6.45) is 6.75. The lowest BCUT2D eigenvalue weighted by Gasteiger charge is -2.00. The largest absolute Gasteiger partial charge is 0.321 e. The molecule has 0 saturated carbocycles. The van der Waals surface area contributed by atoms with Gasteiger partial charge in [-0.3, -0.25) is 5.10 Å². The van der Waals surface area contributed by atoms with Gasteiger partial charge in [0.25, 0.3) is 0 Å². The molecule has 6 aromatic heterocycles. The summed E-state index contributed by atoms with van der Waals surface area (Å²) in [6, 6.07) is 7.91. The maximum Gasteiger partial charge on any atom is 0.162 e. The molecule has 8 nitrogen and oxygen atoms in total. The molecule has 6 heterocycles. The van der Waals surface area contributed by atoms with Gasteiger partial charge in [-0.2, -0.15) is 16.4 Å². The number of imidazole rings is 1. The first-order valence-corrected chi connectivity index (χ1v) is 9.79. The minimum absolute atomic E-state index is 0.621. The number of aromatic amines is 2. The second-order valence-corrected chi connectivity index (χ2v) is 7.23. The van der Waals surface area contributed by atoms with Crippen molar-refractivity contribution >= 4 is 33.5 Å². The van der Waals surface area contributed by atoms with E-state index in [1.54, 1.807) is 29.9 Å². The lowest BCUT2D eigenvalue weighted by Crippen LogP contribution is -1.88. The predicted molar refractivity (Wildman–Crippen MR) is 111 cm³/mol. The predicted octanol–water partition coefficient (Wildman–Crippen LogP) is 4.08. The van der Waals surface area contributed by atoms with E-state index in [0.717, 1.165) is 38.9 Å². The monoisotopic (exact) mass is 396 g/mol. The molecule has 0 bridgehead atoms. The SMILES string of the molecule is c1ncc(-c2ccc3[nH]nc(-c4nc5c(-c6ccsc6)ccnc5[nH]4)c3n2)cn1. The molecule has 0 spiro atoms. The highest BCUT2D eigenvalue weighted by Crippen LogP contribution is 2.31. The molecule has 0 aliphatic carbocycles. The van der Waals surface area contributed by atoms with E-state index >= 15 is 0 Å². The van der Waals surface area contributed by atoms with Crippen LogP contribution in [-0.4, -0.2) is 40.1 Å². The fraction of sp³-hybridized carbons (Fsp3) is 0. The highest BCUT2D eigenvalue weighted by atomic mass is 32.1. The summed E-state index contributed by atoms with van der Waals surface area (Å²) in [6.45, 7) is 0. The van der Waals surface area contributed by atoms with Crippen LogP contribution in [-0.2, 0) is 0 Å². The Morgan fingerprint density at radius 2 is 1.83 bits per heavy atom. The molecule has 0 aliphatic rings. The first-order chi connectivity index (χ1) is 14.4. The van der Waals surface area contributed by atoms with Crippen LogP contribution in [0, 0.1) is 0 Å². The van der Waals surface area contributed by atoms with Crippen molar-refractivity contribution in [2.45, 2.75) is 0 Å². The van der Waals surface area contributed by atoms with Gasteiger partial charge in [-0.15, -0.1) is 0 Å². The van der Waals surface area contributed by atoms with Gasteiger partial charge in [0.15, 0.2) is 17.2 Å². The van der Waals surface area contributed by atoms with Gasteiger partial charge in [-0.1, -0.05) is 0 Å². The highest BCUT2D eigenvalue weighted by molar-refractivity contribution is 7.08. The number of H-pyrrole nitrogens is 2. The molecule has 0 fully saturated rings. The molecular weight excluding hydrogens is 384 g/mol. The molecule has 0 amide bonds. The lowest BCUT2D eigenvalue weighted by molar-refractivity contribution is 1.10. The Hall–Kier alpha value is -3.98. The lowest BCUT2D eigenvalue weighted by atomic mass is 10.1. The number of hydrogen-bond acceptors (Lipinski definition) is 7. The van der Waals surface area contributed by atoms with Crippen LogP contribution in [0.1, 0.15) is 0 Å². The Balaban J connectivity index is 1.53. The van der Waals surface area contributed by atoms with Crippen molar-refractivity contribution in [3.8, 4) is 33.9 Å². The number of pyridine rings is 2. The Labute approximate surface area is 167 Å². The van der Waals surface area contributed by atoms with Crippen LogP contribution >= 0.6 is 11.3 Å². The number of hydrogen-bond donors (Lipinski definition) is 2. The molecule has 0 aliphatic heterocycles. The van der Waals surface area contributed by atoms with Gasteiger partial charge >= 0.3 is 0 Å². The summed E-state index contributed by atoms with van der Waals surface area (Å²) < 4.78 is 0. The Morgan fingerprint density at radius 3 is 2.69 bits per heavy atom. The van der Waals surface area contributed by atoms with Crippen molar-refractivity contribution in [2.24, 2.45) is 0 Å². The van der Waals surface area contributed by atoms with E-state index in [1.807, 2.05) is 18.2 Å². The highest BCUT2D eigenvalue weighted by Gasteiger charge is 2.17. The number of aromatic nitrogens is 8. The van der Waals surface area contributed by atoms with Crippen molar-refractivity contribution < 1.29 is 0 Å². The topological polar surface area (TPSA) is 109 Å². The van der Waals surface area contributed by atoms with Crippen molar-refractivity contribution in [3.63, 3.8) is 0 Å². The van der Waals surface area contributed by atoms with E-state index in [9.17, 15) is 0 Å². The van der Waals surface area contributed by atoms with Crippen LogP contribution in [0.4, 0.5) is 0 Å². The van der Waals surface area contributed by atoms with Crippen molar-refractivity contribution in [1.82, 2.24) is 40.1 Å². The van der Waals surface area contributed by atoms with Gasteiger partial charge in [0.2, 0.25) is 0 Å². The first-order valence-electron chi connectivity index (χ1n) is 8.85. The van der Waals surface area contributed by atoms with Gasteiger partial charge in [0.1, 0.15) is 17.4 Å². The van der Waals surface area contributed by atoms with Crippen molar-refractivity contribution in [3.05, 3.63) is 59.9 Å². The maximum atomic E-state index is 4.80. The van der Waals surface area contributed by atoms with Gasteiger partial charge < -0.3 is 4.98 Å². The van der Waals surface area contributed by atoms with Crippen LogP contribution in [0.5, 0.6) is 0 Å². The van der Waals surface area contributed by atoms with E-state index in [2.05, 4.69) is 47.0 Å². The summed E-state index contributed by atoms with van der Waals surface area (Å²) in [4.78, 5) is 25.4. The third-order valence-corrected chi connectivity index (χ3v) is 5.39. The standard InChI is InChI=1S/C20H12N8S/c1-2-15-17(24-14(1)12-7-21-10-22-8-12)18(28-27-15)20-25-16-13(11-4-6-29-9-11)3-5-23-19(16)26-20/h1-10H,(H,27,28)(H,23,25,26). The molecule has 0 aromatic carbocycles.